The topological polar surface area (TPSA) is 186 Å². The molecule has 2 aromatic rings. The number of aliphatic hydroxyl groups excluding tert-OH is 2. The van der Waals surface area contributed by atoms with Crippen molar-refractivity contribution in [1.82, 2.24) is 15.2 Å². The Balaban J connectivity index is 1.71. The number of hydrogen-bond donors (Lipinski definition) is 6. The van der Waals surface area contributed by atoms with Crippen molar-refractivity contribution in [3.05, 3.63) is 63.9 Å². The lowest BCUT2D eigenvalue weighted by Crippen LogP contribution is -2.67. The number of primary amides is 1. The zero-order chi connectivity index (χ0) is 32.3. The lowest BCUT2D eigenvalue weighted by molar-refractivity contribution is -0.161. The lowest BCUT2D eigenvalue weighted by atomic mass is 9.56. The minimum atomic E-state index is -2.71. The third kappa shape index (κ3) is 4.93. The molecular formula is C33H40N4O7. The Morgan fingerprint density at radius 3 is 2.45 bits per heavy atom. The SMILES string of the molecule is CN(C)[C@H]1C(CO)=C(C(N)=O)C(=O)C2(O)C(=O)C3=C(O)c4c(O)c(CNCC(C)(C)C)cc(-c5ccccn5)c4C[C@H]3C[C@@H]12. The summed E-state index contributed by atoms with van der Waals surface area (Å²) in [6.45, 7) is 6.46. The van der Waals surface area contributed by atoms with E-state index in [1.807, 2.05) is 18.2 Å². The van der Waals surface area contributed by atoms with Crippen molar-refractivity contribution < 1.29 is 34.8 Å². The number of aromatic hydroxyl groups is 1. The minimum absolute atomic E-state index is 0.0312. The van der Waals surface area contributed by atoms with Crippen LogP contribution in [0.15, 0.2) is 47.2 Å². The molecule has 44 heavy (non-hydrogen) atoms. The molecule has 11 heteroatoms. The summed E-state index contributed by atoms with van der Waals surface area (Å²) in [7, 11) is 3.32. The molecule has 1 saturated carbocycles. The van der Waals surface area contributed by atoms with Gasteiger partial charge in [0.05, 0.1) is 23.4 Å². The Morgan fingerprint density at radius 2 is 1.89 bits per heavy atom. The number of nitrogens with one attached hydrogen (secondary N) is 1. The standard InChI is InChI=1S/C33H40N4O7/c1-32(2,3)15-35-13-17-11-18(22-8-6-7-9-36-22)19-10-16-12-21-26(37(4)5)20(14-38)25(31(34)43)30(42)33(21,44)29(41)23(16)28(40)24(19)27(17)39/h6-9,11,16,21,26,35,38-40,44H,10,12-15H2,1-5H3,(H2,34,43)/t16-,21-,26-,33?/m0/s1. The fraction of sp³-hybridized carbons (Fsp3) is 0.455. The molecule has 0 aliphatic heterocycles. The van der Waals surface area contributed by atoms with Gasteiger partial charge in [-0.1, -0.05) is 26.8 Å². The van der Waals surface area contributed by atoms with Crippen molar-refractivity contribution in [3.8, 4) is 17.0 Å². The maximum atomic E-state index is 14.3. The second-order valence-corrected chi connectivity index (χ2v) is 13.4. The molecule has 7 N–H and O–H groups in total. The number of nitrogens with two attached hydrogens (primary N) is 1. The third-order valence-corrected chi connectivity index (χ3v) is 9.02. The summed E-state index contributed by atoms with van der Waals surface area (Å²) < 4.78 is 0. The first-order valence-electron chi connectivity index (χ1n) is 14.7. The highest BCUT2D eigenvalue weighted by Gasteiger charge is 2.64. The molecule has 1 aromatic carbocycles. The number of benzene rings is 1. The van der Waals surface area contributed by atoms with Crippen LogP contribution in [0, 0.1) is 17.3 Å². The van der Waals surface area contributed by atoms with Crippen LogP contribution in [-0.4, -0.2) is 86.7 Å². The monoisotopic (exact) mass is 604 g/mol. The smallest absolute Gasteiger partial charge is 0.252 e. The van der Waals surface area contributed by atoms with Gasteiger partial charge in [0, 0.05) is 47.9 Å². The van der Waals surface area contributed by atoms with Crippen molar-refractivity contribution in [3.63, 3.8) is 0 Å². The van der Waals surface area contributed by atoms with E-state index in [9.17, 15) is 34.8 Å². The van der Waals surface area contributed by atoms with Gasteiger partial charge in [0.15, 0.2) is 5.60 Å². The van der Waals surface area contributed by atoms with Gasteiger partial charge in [-0.25, -0.2) is 0 Å². The van der Waals surface area contributed by atoms with Crippen LogP contribution in [0.4, 0.5) is 0 Å². The highest BCUT2D eigenvalue weighted by atomic mass is 16.3. The largest absolute Gasteiger partial charge is 0.507 e. The number of ketones is 2. The molecule has 3 aliphatic carbocycles. The number of carbonyl (C=O) groups is 3. The first-order chi connectivity index (χ1) is 20.6. The zero-order valence-electron chi connectivity index (χ0n) is 25.6. The second-order valence-electron chi connectivity index (χ2n) is 13.4. The molecule has 11 nitrogen and oxygen atoms in total. The highest BCUT2D eigenvalue weighted by Crippen LogP contribution is 2.53. The number of phenolic OH excluding ortho intramolecular Hbond substituents is 1. The molecule has 0 saturated heterocycles. The number of rotatable bonds is 7. The van der Waals surface area contributed by atoms with Gasteiger partial charge >= 0.3 is 0 Å². The molecule has 0 radical (unpaired) electrons. The van der Waals surface area contributed by atoms with Crippen LogP contribution >= 0.6 is 0 Å². The number of phenols is 1. The Kier molecular flexibility index (Phi) is 8.04. The maximum absolute atomic E-state index is 14.3. The molecule has 5 rings (SSSR count). The number of fused-ring (bicyclic) bond motifs is 3. The molecule has 1 unspecified atom stereocenters. The van der Waals surface area contributed by atoms with Crippen LogP contribution in [0.3, 0.4) is 0 Å². The average molecular weight is 605 g/mol. The minimum Gasteiger partial charge on any atom is -0.507 e. The van der Waals surface area contributed by atoms with Gasteiger partial charge in [0.2, 0.25) is 11.6 Å². The number of aromatic nitrogens is 1. The van der Waals surface area contributed by atoms with Crippen molar-refractivity contribution in [2.24, 2.45) is 23.0 Å². The lowest BCUT2D eigenvalue weighted by Gasteiger charge is -2.51. The van der Waals surface area contributed by atoms with E-state index >= 15 is 0 Å². The Hall–Kier alpha value is -3.90. The summed E-state index contributed by atoms with van der Waals surface area (Å²) in [6, 6.07) is 6.42. The predicted molar refractivity (Wildman–Crippen MR) is 163 cm³/mol. The van der Waals surface area contributed by atoms with Crippen molar-refractivity contribution in [2.45, 2.75) is 51.8 Å². The fourth-order valence-corrected chi connectivity index (χ4v) is 7.18. The molecule has 1 amide bonds. The summed E-state index contributed by atoms with van der Waals surface area (Å²) in [5.41, 5.74) is 4.46. The van der Waals surface area contributed by atoms with Gasteiger partial charge in [0.25, 0.3) is 5.91 Å². The predicted octanol–water partition coefficient (Wildman–Crippen LogP) is 1.64. The van der Waals surface area contributed by atoms with Crippen LogP contribution in [0.5, 0.6) is 5.75 Å². The molecule has 0 bridgehead atoms. The van der Waals surface area contributed by atoms with Crippen molar-refractivity contribution in [2.75, 3.05) is 27.2 Å². The number of aliphatic hydroxyl groups is 3. The van der Waals surface area contributed by atoms with E-state index in [0.717, 1.165) is 0 Å². The number of likely N-dealkylation sites (N-methyl/N-ethyl adjacent to an activating group) is 1. The van der Waals surface area contributed by atoms with Crippen LogP contribution in [0.2, 0.25) is 0 Å². The Labute approximate surface area is 256 Å². The van der Waals surface area contributed by atoms with Crippen molar-refractivity contribution in [1.29, 1.82) is 0 Å². The number of hydrogen-bond acceptors (Lipinski definition) is 10. The van der Waals surface area contributed by atoms with Gasteiger partial charge in [-0.15, -0.1) is 0 Å². The highest BCUT2D eigenvalue weighted by molar-refractivity contribution is 6.33. The van der Waals surface area contributed by atoms with Crippen LogP contribution in [0.25, 0.3) is 17.0 Å². The van der Waals surface area contributed by atoms with Crippen LogP contribution in [-0.2, 0) is 27.3 Å². The Bertz CT molecular complexity index is 1610. The number of pyridine rings is 1. The third-order valence-electron chi connectivity index (χ3n) is 9.02. The second kappa shape index (κ2) is 11.2. The first kappa shape index (κ1) is 31.5. The summed E-state index contributed by atoms with van der Waals surface area (Å²) >= 11 is 0. The van der Waals surface area contributed by atoms with E-state index in [1.54, 1.807) is 31.3 Å². The molecular weight excluding hydrogens is 564 g/mol. The summed E-state index contributed by atoms with van der Waals surface area (Å²) in [4.78, 5) is 46.6. The van der Waals surface area contributed by atoms with Gasteiger partial charge in [-0.3, -0.25) is 19.4 Å². The zero-order valence-corrected chi connectivity index (χ0v) is 25.6. The van der Waals surface area contributed by atoms with Crippen molar-refractivity contribution >= 4 is 23.2 Å². The average Bonchev–Trinajstić information content (AvgIpc) is 2.95. The van der Waals surface area contributed by atoms with E-state index in [2.05, 4.69) is 31.1 Å². The number of amides is 1. The molecule has 4 atom stereocenters. The summed E-state index contributed by atoms with van der Waals surface area (Å²) in [5, 5.41) is 48.8. The van der Waals surface area contributed by atoms with Gasteiger partial charge in [-0.2, -0.15) is 0 Å². The first-order valence-corrected chi connectivity index (χ1v) is 14.7. The van der Waals surface area contributed by atoms with Gasteiger partial charge in [-0.05, 0) is 67.6 Å². The van der Waals surface area contributed by atoms with Crippen LogP contribution in [0.1, 0.15) is 43.9 Å². The van der Waals surface area contributed by atoms with Gasteiger partial charge < -0.3 is 36.4 Å². The Morgan fingerprint density at radius 1 is 1.18 bits per heavy atom. The molecule has 1 fully saturated rings. The quantitative estimate of drug-likeness (QED) is 0.200. The molecule has 1 aromatic heterocycles. The normalized spacial score (nSPS) is 25.2. The van der Waals surface area contributed by atoms with E-state index in [4.69, 9.17) is 5.73 Å². The number of nitrogens with zero attached hydrogens (tertiary/aromatic N) is 2. The summed E-state index contributed by atoms with van der Waals surface area (Å²) in [5.74, 6) is -5.81. The van der Waals surface area contributed by atoms with E-state index in [1.165, 1.54) is 0 Å². The molecule has 234 valence electrons. The van der Waals surface area contributed by atoms with E-state index < -0.39 is 58.9 Å². The molecule has 1 heterocycles. The molecule has 0 spiro atoms. The van der Waals surface area contributed by atoms with Crippen LogP contribution < -0.4 is 11.1 Å². The van der Waals surface area contributed by atoms with E-state index in [-0.39, 0.29) is 47.3 Å². The summed E-state index contributed by atoms with van der Waals surface area (Å²) in [6.07, 6.45) is 1.93. The fourth-order valence-electron chi connectivity index (χ4n) is 7.18. The number of carbonyl (C=O) groups excluding carboxylic acids is 3. The number of Topliss-reactive ketones (excluding diaryl/α,β-unsaturated/α-hetero) is 2. The van der Waals surface area contributed by atoms with Gasteiger partial charge in [0.1, 0.15) is 11.5 Å². The molecule has 3 aliphatic rings. The van der Waals surface area contributed by atoms with E-state index in [0.29, 0.717) is 28.9 Å². The maximum Gasteiger partial charge on any atom is 0.252 e.